The summed E-state index contributed by atoms with van der Waals surface area (Å²) in [4.78, 5) is 12.0. The highest BCUT2D eigenvalue weighted by Gasteiger charge is 2.83. The van der Waals surface area contributed by atoms with Crippen molar-refractivity contribution in [3.05, 3.63) is 0 Å². The molecule has 0 N–H and O–H groups in total. The number of Topliss-reactive ketones (excluding diaryl/α,β-unsaturated/α-hetero) is 1. The van der Waals surface area contributed by atoms with Crippen LogP contribution in [-0.2, 0) is 4.79 Å². The van der Waals surface area contributed by atoms with Crippen molar-refractivity contribution in [2.24, 2.45) is 47.3 Å². The van der Waals surface area contributed by atoms with Gasteiger partial charge < -0.3 is 0 Å². The van der Waals surface area contributed by atoms with Gasteiger partial charge in [0.25, 0.3) is 0 Å². The van der Waals surface area contributed by atoms with Crippen LogP contribution in [0.2, 0.25) is 0 Å². The Kier molecular flexibility index (Phi) is 0.856. The molecular formula is C11H11IO. The molecule has 6 rings (SSSR count). The highest BCUT2D eigenvalue weighted by molar-refractivity contribution is 14.1. The smallest absolute Gasteiger partial charge is 0.140 e. The molecule has 1 nitrogen and oxygen atoms in total. The molecule has 13 heavy (non-hydrogen) atoms. The summed E-state index contributed by atoms with van der Waals surface area (Å²) in [6, 6.07) is 0. The van der Waals surface area contributed by atoms with Gasteiger partial charge in [0.15, 0.2) is 0 Å². The third kappa shape index (κ3) is 0.422. The number of ketones is 1. The molecule has 0 aromatic carbocycles. The van der Waals surface area contributed by atoms with E-state index >= 15 is 0 Å². The number of hydrogen-bond acceptors (Lipinski definition) is 1. The standard InChI is InChI=1S/C11H11IO/c12-10-6-2-1-3-4(6)9-8(10)5(2)7(3)11(9)13/h2-10H,1H2. The van der Waals surface area contributed by atoms with Crippen molar-refractivity contribution in [3.8, 4) is 0 Å². The Bertz CT molecular complexity index is 350. The van der Waals surface area contributed by atoms with Crippen LogP contribution in [0.1, 0.15) is 6.42 Å². The molecule has 9 unspecified atom stereocenters. The summed E-state index contributed by atoms with van der Waals surface area (Å²) in [7, 11) is 0. The zero-order valence-electron chi connectivity index (χ0n) is 7.19. The fourth-order valence-electron chi connectivity index (χ4n) is 6.20. The van der Waals surface area contributed by atoms with E-state index in [9.17, 15) is 4.79 Å². The Labute approximate surface area is 90.8 Å². The van der Waals surface area contributed by atoms with E-state index in [1.807, 2.05) is 0 Å². The molecule has 6 aliphatic carbocycles. The minimum atomic E-state index is 0.561. The van der Waals surface area contributed by atoms with Crippen LogP contribution in [0.4, 0.5) is 0 Å². The Morgan fingerprint density at radius 1 is 1.00 bits per heavy atom. The predicted molar refractivity (Wildman–Crippen MR) is 55.4 cm³/mol. The van der Waals surface area contributed by atoms with E-state index in [4.69, 9.17) is 0 Å². The van der Waals surface area contributed by atoms with Crippen molar-refractivity contribution < 1.29 is 4.79 Å². The molecule has 0 amide bonds. The summed E-state index contributed by atoms with van der Waals surface area (Å²) < 4.78 is 0.879. The number of halogens is 1. The van der Waals surface area contributed by atoms with Crippen LogP contribution >= 0.6 is 22.6 Å². The van der Waals surface area contributed by atoms with Crippen LogP contribution in [0.3, 0.4) is 0 Å². The molecule has 6 bridgehead atoms. The van der Waals surface area contributed by atoms with Gasteiger partial charge in [-0.3, -0.25) is 4.79 Å². The van der Waals surface area contributed by atoms with Gasteiger partial charge >= 0.3 is 0 Å². The van der Waals surface area contributed by atoms with Crippen molar-refractivity contribution in [2.75, 3.05) is 0 Å². The van der Waals surface area contributed by atoms with Crippen molar-refractivity contribution in [3.63, 3.8) is 0 Å². The lowest BCUT2D eigenvalue weighted by molar-refractivity contribution is -0.122. The summed E-state index contributed by atoms with van der Waals surface area (Å²) in [5.41, 5.74) is 0. The second kappa shape index (κ2) is 1.63. The molecule has 2 heteroatoms. The van der Waals surface area contributed by atoms with E-state index in [2.05, 4.69) is 22.6 Å². The van der Waals surface area contributed by atoms with E-state index in [1.54, 1.807) is 0 Å². The zero-order chi connectivity index (χ0) is 8.48. The first-order valence-electron chi connectivity index (χ1n) is 5.48. The molecule has 0 heterocycles. The number of alkyl halides is 1. The lowest BCUT2D eigenvalue weighted by atomic mass is 9.71. The second-order valence-electron chi connectivity index (χ2n) is 5.77. The third-order valence-corrected chi connectivity index (χ3v) is 7.67. The van der Waals surface area contributed by atoms with Crippen LogP contribution in [0.5, 0.6) is 0 Å². The minimum Gasteiger partial charge on any atom is -0.299 e. The highest BCUT2D eigenvalue weighted by atomic mass is 127. The van der Waals surface area contributed by atoms with Crippen LogP contribution in [0, 0.1) is 47.3 Å². The molecule has 0 aromatic rings. The first kappa shape index (κ1) is 6.81. The van der Waals surface area contributed by atoms with Crippen LogP contribution in [0.15, 0.2) is 0 Å². The fraction of sp³-hybridized carbons (Fsp3) is 0.909. The monoisotopic (exact) mass is 286 g/mol. The van der Waals surface area contributed by atoms with Crippen molar-refractivity contribution >= 4 is 28.4 Å². The first-order valence-corrected chi connectivity index (χ1v) is 6.73. The quantitative estimate of drug-likeness (QED) is 0.490. The maximum absolute atomic E-state index is 12.0. The largest absolute Gasteiger partial charge is 0.299 e. The third-order valence-electron chi connectivity index (χ3n) is 6.01. The Hall–Kier alpha value is 0.400. The Balaban J connectivity index is 1.90. The van der Waals surface area contributed by atoms with Gasteiger partial charge in [-0.1, -0.05) is 22.6 Å². The molecule has 68 valence electrons. The summed E-state index contributed by atoms with van der Waals surface area (Å²) in [6.45, 7) is 0. The molecule has 6 aliphatic rings. The first-order chi connectivity index (χ1) is 6.30. The number of carbonyl (C=O) groups is 1. The molecule has 0 saturated heterocycles. The summed E-state index contributed by atoms with van der Waals surface area (Å²) in [5.74, 6) is 7.27. The van der Waals surface area contributed by atoms with Crippen molar-refractivity contribution in [1.29, 1.82) is 0 Å². The molecule has 9 atom stereocenters. The molecule has 0 aliphatic heterocycles. The lowest BCUT2D eigenvalue weighted by Crippen LogP contribution is -2.30. The van der Waals surface area contributed by atoms with Gasteiger partial charge in [-0.25, -0.2) is 0 Å². The topological polar surface area (TPSA) is 17.1 Å². The van der Waals surface area contributed by atoms with Crippen molar-refractivity contribution in [2.45, 2.75) is 10.3 Å². The van der Waals surface area contributed by atoms with Crippen LogP contribution in [-0.4, -0.2) is 9.71 Å². The highest BCUT2D eigenvalue weighted by Crippen LogP contribution is 2.82. The summed E-state index contributed by atoms with van der Waals surface area (Å²) in [6.07, 6.45) is 1.43. The molecular weight excluding hydrogens is 275 g/mol. The van der Waals surface area contributed by atoms with Gasteiger partial charge in [0.2, 0.25) is 0 Å². The zero-order valence-corrected chi connectivity index (χ0v) is 9.35. The summed E-state index contributed by atoms with van der Waals surface area (Å²) in [5, 5.41) is 0. The molecule has 0 radical (unpaired) electrons. The van der Waals surface area contributed by atoms with Gasteiger partial charge in [-0.05, 0) is 41.9 Å². The maximum Gasteiger partial charge on any atom is 0.140 e. The Morgan fingerprint density at radius 3 is 2.54 bits per heavy atom. The second-order valence-corrected chi connectivity index (χ2v) is 7.21. The normalized spacial score (nSPS) is 79.8. The van der Waals surface area contributed by atoms with Gasteiger partial charge in [0, 0.05) is 15.8 Å². The fourth-order valence-corrected chi connectivity index (χ4v) is 8.13. The van der Waals surface area contributed by atoms with E-state index in [-0.39, 0.29) is 0 Å². The lowest BCUT2D eigenvalue weighted by Gasteiger charge is -2.32. The van der Waals surface area contributed by atoms with Gasteiger partial charge in [-0.15, -0.1) is 0 Å². The molecule has 0 aromatic heterocycles. The number of carbonyl (C=O) groups excluding carboxylic acids is 1. The van der Waals surface area contributed by atoms with Crippen molar-refractivity contribution in [1.82, 2.24) is 0 Å². The van der Waals surface area contributed by atoms with E-state index in [1.165, 1.54) is 6.42 Å². The average Bonchev–Trinajstić information content (AvgIpc) is 2.78. The van der Waals surface area contributed by atoms with E-state index < -0.39 is 0 Å². The van der Waals surface area contributed by atoms with Gasteiger partial charge in [-0.2, -0.15) is 0 Å². The van der Waals surface area contributed by atoms with Crippen LogP contribution in [0.25, 0.3) is 0 Å². The number of rotatable bonds is 0. The van der Waals surface area contributed by atoms with Crippen LogP contribution < -0.4 is 0 Å². The summed E-state index contributed by atoms with van der Waals surface area (Å²) >= 11 is 2.66. The minimum absolute atomic E-state index is 0.561. The average molecular weight is 286 g/mol. The van der Waals surface area contributed by atoms with Gasteiger partial charge in [0.1, 0.15) is 5.78 Å². The SMILES string of the molecule is O=C1C2C3C(I)C4C5CC(C1C53)C24. The molecule has 6 saturated carbocycles. The molecule has 6 fully saturated rings. The predicted octanol–water partition coefficient (Wildman–Crippen LogP) is 1.75. The maximum atomic E-state index is 12.0. The van der Waals surface area contributed by atoms with Gasteiger partial charge in [0.05, 0.1) is 0 Å². The van der Waals surface area contributed by atoms with E-state index in [0.29, 0.717) is 17.6 Å². The van der Waals surface area contributed by atoms with E-state index in [0.717, 1.165) is 39.4 Å². The number of hydrogen-bond donors (Lipinski definition) is 0. The Morgan fingerprint density at radius 2 is 1.77 bits per heavy atom. The molecule has 0 spiro atoms.